The van der Waals surface area contributed by atoms with Gasteiger partial charge in [-0.3, -0.25) is 0 Å². The highest BCUT2D eigenvalue weighted by molar-refractivity contribution is 7.89. The first-order valence-corrected chi connectivity index (χ1v) is 6.43. The highest BCUT2D eigenvalue weighted by Gasteiger charge is 2.02. The lowest BCUT2D eigenvalue weighted by Crippen LogP contribution is -2.21. The van der Waals surface area contributed by atoms with Crippen LogP contribution in [0, 0.1) is 11.3 Å². The molecule has 0 aliphatic carbocycles. The zero-order valence-corrected chi connectivity index (χ0v) is 9.46. The summed E-state index contributed by atoms with van der Waals surface area (Å²) in [5, 5.41) is 16.3. The molecule has 1 rings (SSSR count). The van der Waals surface area contributed by atoms with Crippen molar-refractivity contribution in [2.45, 2.75) is 13.0 Å². The lowest BCUT2D eigenvalue weighted by Gasteiger charge is -2.01. The van der Waals surface area contributed by atoms with Crippen molar-refractivity contribution in [3.63, 3.8) is 0 Å². The third-order valence-corrected chi connectivity index (χ3v) is 2.71. The molecule has 1 aromatic rings. The molecular weight excluding hydrogens is 230 g/mol. The molecule has 88 valence electrons. The number of sulfonamides is 1. The molecule has 7 heteroatoms. The van der Waals surface area contributed by atoms with Crippen LogP contribution >= 0.6 is 0 Å². The number of rotatable bonds is 6. The highest BCUT2D eigenvalue weighted by Crippen LogP contribution is 2.05. The van der Waals surface area contributed by atoms with E-state index in [-0.39, 0.29) is 11.5 Å². The van der Waals surface area contributed by atoms with Crippen LogP contribution in [0.3, 0.4) is 0 Å². The van der Waals surface area contributed by atoms with Crippen LogP contribution in [0.25, 0.3) is 0 Å². The van der Waals surface area contributed by atoms with Gasteiger partial charge in [-0.25, -0.2) is 13.6 Å². The fraction of sp³-hybridized carbons (Fsp3) is 0.444. The minimum atomic E-state index is -3.38. The number of nitrogens with one attached hydrogen (secondary N) is 1. The number of nitriles is 1. The van der Waals surface area contributed by atoms with E-state index in [1.807, 2.05) is 6.07 Å². The van der Waals surface area contributed by atoms with Gasteiger partial charge in [-0.2, -0.15) is 5.26 Å². The zero-order chi connectivity index (χ0) is 12.0. The Morgan fingerprint density at radius 3 is 2.81 bits per heavy atom. The van der Waals surface area contributed by atoms with Crippen molar-refractivity contribution in [1.82, 2.24) is 5.32 Å². The van der Waals surface area contributed by atoms with Gasteiger partial charge in [0.1, 0.15) is 11.8 Å². The number of hydrogen-bond donors (Lipinski definition) is 2. The van der Waals surface area contributed by atoms with E-state index in [0.29, 0.717) is 25.3 Å². The summed E-state index contributed by atoms with van der Waals surface area (Å²) in [6.07, 6.45) is 0.449. The molecule has 0 aliphatic heterocycles. The van der Waals surface area contributed by atoms with Gasteiger partial charge >= 0.3 is 0 Å². The number of hydrogen-bond acceptors (Lipinski definition) is 5. The maximum absolute atomic E-state index is 10.6. The molecule has 0 saturated heterocycles. The molecule has 0 saturated carbocycles. The largest absolute Gasteiger partial charge is 0.449 e. The fourth-order valence-corrected chi connectivity index (χ4v) is 1.69. The maximum Gasteiger partial charge on any atom is 0.209 e. The Bertz CT molecular complexity index is 472. The van der Waals surface area contributed by atoms with Crippen LogP contribution in [0.15, 0.2) is 16.5 Å². The van der Waals surface area contributed by atoms with E-state index >= 15 is 0 Å². The second kappa shape index (κ2) is 5.65. The molecule has 0 amide bonds. The minimum absolute atomic E-state index is 0.0401. The van der Waals surface area contributed by atoms with Crippen molar-refractivity contribution < 1.29 is 12.8 Å². The molecule has 6 nitrogen and oxygen atoms in total. The summed E-state index contributed by atoms with van der Waals surface area (Å²) in [6, 6.07) is 5.16. The first-order chi connectivity index (χ1) is 7.51. The molecular formula is C9H13N3O3S. The Labute approximate surface area is 94.1 Å². The monoisotopic (exact) mass is 243 g/mol. The predicted octanol–water partition coefficient (Wildman–Crippen LogP) is -0.0805. The van der Waals surface area contributed by atoms with E-state index in [1.165, 1.54) is 0 Å². The Morgan fingerprint density at radius 1 is 1.50 bits per heavy atom. The van der Waals surface area contributed by atoms with E-state index in [9.17, 15) is 8.42 Å². The van der Waals surface area contributed by atoms with Crippen molar-refractivity contribution in [1.29, 1.82) is 5.26 Å². The molecule has 0 spiro atoms. The van der Waals surface area contributed by atoms with Gasteiger partial charge in [-0.05, 0) is 25.1 Å². The van der Waals surface area contributed by atoms with E-state index in [0.717, 1.165) is 0 Å². The quantitative estimate of drug-likeness (QED) is 0.679. The average Bonchev–Trinajstić information content (AvgIpc) is 2.63. The van der Waals surface area contributed by atoms with Gasteiger partial charge in [-0.15, -0.1) is 0 Å². The maximum atomic E-state index is 10.6. The average molecular weight is 243 g/mol. The molecule has 0 unspecified atom stereocenters. The molecule has 16 heavy (non-hydrogen) atoms. The summed E-state index contributed by atoms with van der Waals surface area (Å²) in [5.74, 6) is 0.871. The normalized spacial score (nSPS) is 11.2. The third kappa shape index (κ3) is 4.93. The topological polar surface area (TPSA) is 109 Å². The molecule has 0 aromatic carbocycles. The van der Waals surface area contributed by atoms with Crippen LogP contribution in [0.5, 0.6) is 0 Å². The Kier molecular flexibility index (Phi) is 4.49. The summed E-state index contributed by atoms with van der Waals surface area (Å²) >= 11 is 0. The predicted molar refractivity (Wildman–Crippen MR) is 57.7 cm³/mol. The summed E-state index contributed by atoms with van der Waals surface area (Å²) < 4.78 is 26.3. The van der Waals surface area contributed by atoms with Gasteiger partial charge in [-0.1, -0.05) is 0 Å². The van der Waals surface area contributed by atoms with E-state index in [1.54, 1.807) is 12.1 Å². The van der Waals surface area contributed by atoms with Crippen LogP contribution < -0.4 is 10.5 Å². The van der Waals surface area contributed by atoms with Gasteiger partial charge in [0.2, 0.25) is 15.8 Å². The van der Waals surface area contributed by atoms with Gasteiger partial charge in [0.05, 0.1) is 12.3 Å². The van der Waals surface area contributed by atoms with E-state index < -0.39 is 10.0 Å². The number of furan rings is 1. The van der Waals surface area contributed by atoms with E-state index in [4.69, 9.17) is 14.8 Å². The lowest BCUT2D eigenvalue weighted by molar-refractivity contribution is 0.474. The number of primary sulfonamides is 1. The lowest BCUT2D eigenvalue weighted by atomic mass is 10.4. The SMILES string of the molecule is N#Cc1ccc(CNCCCS(N)(=O)=O)o1. The molecule has 0 aliphatic rings. The molecule has 0 radical (unpaired) electrons. The van der Waals surface area contributed by atoms with Crippen LogP contribution in [-0.2, 0) is 16.6 Å². The van der Waals surface area contributed by atoms with Gasteiger partial charge < -0.3 is 9.73 Å². The van der Waals surface area contributed by atoms with Crippen LogP contribution in [0.2, 0.25) is 0 Å². The first-order valence-electron chi connectivity index (χ1n) is 4.71. The Morgan fingerprint density at radius 2 is 2.25 bits per heavy atom. The highest BCUT2D eigenvalue weighted by atomic mass is 32.2. The van der Waals surface area contributed by atoms with Crippen LogP contribution in [0.4, 0.5) is 0 Å². The minimum Gasteiger partial charge on any atom is -0.449 e. The summed E-state index contributed by atoms with van der Waals surface area (Å²) in [7, 11) is -3.38. The molecule has 0 atom stereocenters. The molecule has 0 bridgehead atoms. The van der Waals surface area contributed by atoms with Gasteiger partial charge in [0.25, 0.3) is 0 Å². The summed E-state index contributed by atoms with van der Waals surface area (Å²) in [4.78, 5) is 0. The van der Waals surface area contributed by atoms with Crippen LogP contribution in [0.1, 0.15) is 17.9 Å². The third-order valence-electron chi connectivity index (χ3n) is 1.85. The van der Waals surface area contributed by atoms with Crippen molar-refractivity contribution in [3.8, 4) is 6.07 Å². The molecule has 3 N–H and O–H groups in total. The Hall–Kier alpha value is -1.36. The van der Waals surface area contributed by atoms with Crippen molar-refractivity contribution in [3.05, 3.63) is 23.7 Å². The molecule has 0 fully saturated rings. The first kappa shape index (κ1) is 12.7. The Balaban J connectivity index is 2.19. The second-order valence-electron chi connectivity index (χ2n) is 3.28. The van der Waals surface area contributed by atoms with Crippen LogP contribution in [-0.4, -0.2) is 20.7 Å². The van der Waals surface area contributed by atoms with Crippen molar-refractivity contribution in [2.75, 3.05) is 12.3 Å². The fourth-order valence-electron chi connectivity index (χ4n) is 1.14. The summed E-state index contributed by atoms with van der Waals surface area (Å²) in [6.45, 7) is 0.991. The van der Waals surface area contributed by atoms with Crippen molar-refractivity contribution >= 4 is 10.0 Å². The number of nitrogens with two attached hydrogens (primary N) is 1. The number of nitrogens with zero attached hydrogens (tertiary/aromatic N) is 1. The van der Waals surface area contributed by atoms with E-state index in [2.05, 4.69) is 5.32 Å². The molecule has 1 heterocycles. The smallest absolute Gasteiger partial charge is 0.209 e. The standard InChI is InChI=1S/C9H13N3O3S/c10-6-8-2-3-9(15-8)7-12-4-1-5-16(11,13)14/h2-3,12H,1,4-5,7H2,(H2,11,13,14). The van der Waals surface area contributed by atoms with Crippen molar-refractivity contribution in [2.24, 2.45) is 5.14 Å². The zero-order valence-electron chi connectivity index (χ0n) is 8.64. The van der Waals surface area contributed by atoms with Gasteiger partial charge in [0.15, 0.2) is 0 Å². The molecule has 1 aromatic heterocycles. The second-order valence-corrected chi connectivity index (χ2v) is 5.01. The van der Waals surface area contributed by atoms with Gasteiger partial charge in [0, 0.05) is 0 Å². The summed E-state index contributed by atoms with van der Waals surface area (Å²) in [5.41, 5.74) is 0.